The Kier molecular flexibility index (Phi) is 7.47. The van der Waals surface area contributed by atoms with E-state index in [9.17, 15) is 9.59 Å². The number of nitrogens with zero attached hydrogens (tertiary/aromatic N) is 1. The maximum atomic E-state index is 12.6. The predicted molar refractivity (Wildman–Crippen MR) is 141 cm³/mol. The summed E-state index contributed by atoms with van der Waals surface area (Å²) in [6, 6.07) is 17.8. The van der Waals surface area contributed by atoms with Crippen LogP contribution in [-0.2, 0) is 9.53 Å². The fraction of sp³-hybridized carbons (Fsp3) is 0.115. The van der Waals surface area contributed by atoms with Gasteiger partial charge >= 0.3 is 11.9 Å². The zero-order valence-electron chi connectivity index (χ0n) is 18.3. The molecule has 0 fully saturated rings. The van der Waals surface area contributed by atoms with Gasteiger partial charge < -0.3 is 14.2 Å². The van der Waals surface area contributed by atoms with Crippen LogP contribution in [0.25, 0.3) is 6.08 Å². The molecule has 0 bridgehead atoms. The Morgan fingerprint density at radius 3 is 2.62 bits per heavy atom. The van der Waals surface area contributed by atoms with Crippen LogP contribution in [0.4, 0.5) is 0 Å². The summed E-state index contributed by atoms with van der Waals surface area (Å²) in [5.74, 6) is -0.176. The number of benzene rings is 3. The summed E-state index contributed by atoms with van der Waals surface area (Å²) in [4.78, 5) is 29.4. The maximum absolute atomic E-state index is 12.6. The molecule has 0 spiro atoms. The topological polar surface area (TPSA) is 74.2 Å². The monoisotopic (exact) mass is 631 g/mol. The molecule has 0 atom stereocenters. The van der Waals surface area contributed by atoms with Crippen LogP contribution in [0.15, 0.2) is 75.8 Å². The Morgan fingerprint density at radius 2 is 1.91 bits per heavy atom. The van der Waals surface area contributed by atoms with Crippen molar-refractivity contribution in [2.24, 2.45) is 4.99 Å². The molecular formula is C26H19BrINO5. The Balaban J connectivity index is 1.65. The Bertz CT molecular complexity index is 1330. The Labute approximate surface area is 218 Å². The first-order valence-corrected chi connectivity index (χ1v) is 12.3. The average Bonchev–Trinajstić information content (AvgIpc) is 3.18. The van der Waals surface area contributed by atoms with Gasteiger partial charge in [0.05, 0.1) is 16.6 Å². The van der Waals surface area contributed by atoms with Crippen LogP contribution in [0.5, 0.6) is 11.5 Å². The first-order chi connectivity index (χ1) is 16.4. The molecule has 0 aromatic heterocycles. The summed E-state index contributed by atoms with van der Waals surface area (Å²) < 4.78 is 18.3. The number of aryl methyl sites for hydroxylation is 1. The number of esters is 2. The van der Waals surface area contributed by atoms with Crippen molar-refractivity contribution in [2.75, 3.05) is 6.61 Å². The lowest BCUT2D eigenvalue weighted by Crippen LogP contribution is -2.10. The van der Waals surface area contributed by atoms with Crippen LogP contribution in [-0.4, -0.2) is 24.4 Å². The van der Waals surface area contributed by atoms with E-state index in [0.29, 0.717) is 28.0 Å². The fourth-order valence-corrected chi connectivity index (χ4v) is 4.10. The zero-order valence-corrected chi connectivity index (χ0v) is 22.0. The first-order valence-electron chi connectivity index (χ1n) is 10.4. The third-order valence-electron chi connectivity index (χ3n) is 4.86. The summed E-state index contributed by atoms with van der Waals surface area (Å²) in [5, 5.41) is 0. The van der Waals surface area contributed by atoms with E-state index in [1.54, 1.807) is 42.5 Å². The number of carbonyl (C=O) groups is 2. The van der Waals surface area contributed by atoms with Crippen LogP contribution in [0, 0.1) is 10.5 Å². The van der Waals surface area contributed by atoms with Gasteiger partial charge in [-0.05, 0) is 112 Å². The van der Waals surface area contributed by atoms with Crippen LogP contribution in [0.1, 0.15) is 34.0 Å². The van der Waals surface area contributed by atoms with Gasteiger partial charge in [-0.3, -0.25) is 0 Å². The molecule has 3 aromatic rings. The van der Waals surface area contributed by atoms with Gasteiger partial charge in [-0.2, -0.15) is 0 Å². The lowest BCUT2D eigenvalue weighted by atomic mass is 10.1. The minimum atomic E-state index is -0.542. The molecule has 8 heteroatoms. The summed E-state index contributed by atoms with van der Waals surface area (Å²) in [6.45, 7) is 4.17. The van der Waals surface area contributed by atoms with Crippen molar-refractivity contribution >= 4 is 62.4 Å². The fourth-order valence-electron chi connectivity index (χ4n) is 3.23. The molecule has 172 valence electrons. The lowest BCUT2D eigenvalue weighted by Gasteiger charge is -2.13. The van der Waals surface area contributed by atoms with Gasteiger partial charge in [0.25, 0.3) is 0 Å². The van der Waals surface area contributed by atoms with Crippen molar-refractivity contribution in [3.63, 3.8) is 0 Å². The molecule has 0 N–H and O–H groups in total. The predicted octanol–water partition coefficient (Wildman–Crippen LogP) is 6.32. The number of cyclic esters (lactones) is 1. The second kappa shape index (κ2) is 10.5. The van der Waals surface area contributed by atoms with Crippen molar-refractivity contribution in [3.8, 4) is 11.5 Å². The number of hydrogen-bond acceptors (Lipinski definition) is 6. The van der Waals surface area contributed by atoms with Crippen LogP contribution in [0.2, 0.25) is 0 Å². The molecular weight excluding hydrogens is 613 g/mol. The van der Waals surface area contributed by atoms with Crippen molar-refractivity contribution in [1.29, 1.82) is 0 Å². The number of rotatable bonds is 6. The molecule has 0 saturated heterocycles. The van der Waals surface area contributed by atoms with Crippen molar-refractivity contribution in [1.82, 2.24) is 0 Å². The molecule has 1 aliphatic heterocycles. The molecule has 1 aliphatic rings. The quantitative estimate of drug-likeness (QED) is 0.138. The zero-order chi connectivity index (χ0) is 24.2. The normalized spacial score (nSPS) is 14.1. The van der Waals surface area contributed by atoms with Crippen molar-refractivity contribution in [3.05, 3.63) is 96.7 Å². The maximum Gasteiger partial charge on any atom is 0.363 e. The number of aliphatic imine (C=N–C) groups is 1. The molecule has 6 nitrogen and oxygen atoms in total. The van der Waals surface area contributed by atoms with Gasteiger partial charge in [-0.25, -0.2) is 14.6 Å². The van der Waals surface area contributed by atoms with Crippen LogP contribution < -0.4 is 9.47 Å². The summed E-state index contributed by atoms with van der Waals surface area (Å²) in [5.41, 5.74) is 3.01. The lowest BCUT2D eigenvalue weighted by molar-refractivity contribution is -0.129. The smallest absolute Gasteiger partial charge is 0.363 e. The number of halogens is 2. The third kappa shape index (κ3) is 5.39. The molecule has 1 heterocycles. The van der Waals surface area contributed by atoms with Gasteiger partial charge in [0, 0.05) is 9.13 Å². The van der Waals surface area contributed by atoms with Crippen molar-refractivity contribution < 1.29 is 23.8 Å². The van der Waals surface area contributed by atoms with E-state index in [4.69, 9.17) is 14.2 Å². The summed E-state index contributed by atoms with van der Waals surface area (Å²) in [7, 11) is 0. The largest absolute Gasteiger partial charge is 0.490 e. The van der Waals surface area contributed by atoms with Gasteiger partial charge in [-0.15, -0.1) is 0 Å². The summed E-state index contributed by atoms with van der Waals surface area (Å²) in [6.07, 6.45) is 1.60. The van der Waals surface area contributed by atoms with Gasteiger partial charge in [-0.1, -0.05) is 18.2 Å². The second-order valence-electron chi connectivity index (χ2n) is 7.32. The number of hydrogen-bond donors (Lipinski definition) is 0. The highest BCUT2D eigenvalue weighted by molar-refractivity contribution is 14.1. The van der Waals surface area contributed by atoms with E-state index in [1.165, 1.54) is 0 Å². The number of carbonyl (C=O) groups excluding carboxylic acids is 2. The Morgan fingerprint density at radius 1 is 1.15 bits per heavy atom. The van der Waals surface area contributed by atoms with Crippen LogP contribution in [0.3, 0.4) is 0 Å². The molecule has 3 aromatic carbocycles. The van der Waals surface area contributed by atoms with E-state index < -0.39 is 11.9 Å². The molecule has 0 unspecified atom stereocenters. The molecule has 0 radical (unpaired) electrons. The van der Waals surface area contributed by atoms with E-state index >= 15 is 0 Å². The highest BCUT2D eigenvalue weighted by atomic mass is 127. The minimum absolute atomic E-state index is 0.162. The van der Waals surface area contributed by atoms with Crippen LogP contribution >= 0.6 is 38.5 Å². The van der Waals surface area contributed by atoms with E-state index in [2.05, 4.69) is 43.5 Å². The molecule has 0 amide bonds. The molecule has 4 rings (SSSR count). The van der Waals surface area contributed by atoms with E-state index in [1.807, 2.05) is 38.1 Å². The first kappa shape index (κ1) is 24.2. The van der Waals surface area contributed by atoms with E-state index in [-0.39, 0.29) is 17.3 Å². The molecule has 0 aliphatic carbocycles. The van der Waals surface area contributed by atoms with E-state index in [0.717, 1.165) is 14.7 Å². The highest BCUT2D eigenvalue weighted by Crippen LogP contribution is 2.38. The van der Waals surface area contributed by atoms with Gasteiger partial charge in [0.1, 0.15) is 0 Å². The second-order valence-corrected chi connectivity index (χ2v) is 9.34. The van der Waals surface area contributed by atoms with Crippen molar-refractivity contribution in [2.45, 2.75) is 13.8 Å². The van der Waals surface area contributed by atoms with Gasteiger partial charge in [0.2, 0.25) is 5.90 Å². The number of ether oxygens (including phenoxy) is 3. The SMILES string of the molecule is CCOc1cc(/C=C2\N=C(c3ccc(I)c(C)c3)OC2=O)cc(Br)c1OC(=O)c1ccccc1. The molecule has 0 saturated carbocycles. The third-order valence-corrected chi connectivity index (χ3v) is 6.66. The minimum Gasteiger partial charge on any atom is -0.490 e. The standard InChI is InChI=1S/C26H19BrINO5/c1-3-32-22-14-16(12-19(27)23(22)33-25(30)17-7-5-4-6-8-17)13-21-26(31)34-24(29-21)18-9-10-20(28)15(2)11-18/h4-14H,3H2,1-2H3/b21-13-. The molecule has 34 heavy (non-hydrogen) atoms. The highest BCUT2D eigenvalue weighted by Gasteiger charge is 2.25. The average molecular weight is 632 g/mol. The summed E-state index contributed by atoms with van der Waals surface area (Å²) >= 11 is 5.70. The van der Waals surface area contributed by atoms with Gasteiger partial charge in [0.15, 0.2) is 17.2 Å². The Hall–Kier alpha value is -2.98.